The minimum Gasteiger partial charge on any atom is -0.366 e. The van der Waals surface area contributed by atoms with E-state index in [1.807, 2.05) is 7.05 Å². The lowest BCUT2D eigenvalue weighted by molar-refractivity contribution is 0.281. The Morgan fingerprint density at radius 1 is 1.43 bits per heavy atom. The molecular formula is C11H22N2S. The van der Waals surface area contributed by atoms with Gasteiger partial charge in [-0.2, -0.15) is 0 Å². The third-order valence-electron chi connectivity index (χ3n) is 2.80. The molecule has 1 N–H and O–H groups in total. The molecule has 0 aromatic rings. The van der Waals surface area contributed by atoms with Gasteiger partial charge in [0.1, 0.15) is 0 Å². The number of rotatable bonds is 3. The number of nitrogens with zero attached hydrogens (tertiary/aromatic N) is 1. The van der Waals surface area contributed by atoms with Crippen LogP contribution in [0.4, 0.5) is 0 Å². The van der Waals surface area contributed by atoms with E-state index in [1.54, 1.807) is 0 Å². The number of nitrogens with one attached hydrogen (secondary N) is 1. The zero-order valence-corrected chi connectivity index (χ0v) is 10.4. The van der Waals surface area contributed by atoms with E-state index in [0.29, 0.717) is 12.0 Å². The van der Waals surface area contributed by atoms with Crippen molar-refractivity contribution >= 4 is 17.3 Å². The van der Waals surface area contributed by atoms with E-state index in [9.17, 15) is 0 Å². The van der Waals surface area contributed by atoms with Gasteiger partial charge >= 0.3 is 0 Å². The number of hydrogen-bond acceptors (Lipinski definition) is 1. The summed E-state index contributed by atoms with van der Waals surface area (Å²) in [6.07, 6.45) is 5.36. The van der Waals surface area contributed by atoms with Gasteiger partial charge in [-0.25, -0.2) is 0 Å². The summed E-state index contributed by atoms with van der Waals surface area (Å²) in [5, 5.41) is 4.03. The molecule has 0 bridgehead atoms. The summed E-state index contributed by atoms with van der Waals surface area (Å²) in [5.74, 6) is 0.682. The largest absolute Gasteiger partial charge is 0.366 e. The second kappa shape index (κ2) is 5.54. The van der Waals surface area contributed by atoms with Crippen molar-refractivity contribution in [2.75, 3.05) is 13.6 Å². The molecule has 0 heterocycles. The van der Waals surface area contributed by atoms with Gasteiger partial charge in [0.2, 0.25) is 0 Å². The van der Waals surface area contributed by atoms with E-state index < -0.39 is 0 Å². The van der Waals surface area contributed by atoms with Crippen molar-refractivity contribution in [1.82, 2.24) is 10.2 Å². The molecule has 0 spiro atoms. The van der Waals surface area contributed by atoms with Crippen LogP contribution in [0.3, 0.4) is 0 Å². The van der Waals surface area contributed by atoms with Gasteiger partial charge in [0, 0.05) is 19.6 Å². The first kappa shape index (κ1) is 11.8. The van der Waals surface area contributed by atoms with E-state index in [4.69, 9.17) is 12.2 Å². The highest BCUT2D eigenvalue weighted by atomic mass is 32.1. The molecule has 1 fully saturated rings. The first-order chi connectivity index (χ1) is 6.65. The van der Waals surface area contributed by atoms with Crippen molar-refractivity contribution in [3.8, 4) is 0 Å². The molecule has 14 heavy (non-hydrogen) atoms. The Morgan fingerprint density at radius 3 is 2.43 bits per heavy atom. The molecule has 0 aromatic heterocycles. The second-order valence-electron chi connectivity index (χ2n) is 4.54. The van der Waals surface area contributed by atoms with Crippen molar-refractivity contribution < 1.29 is 0 Å². The van der Waals surface area contributed by atoms with Crippen molar-refractivity contribution in [2.45, 2.75) is 45.6 Å². The maximum atomic E-state index is 5.35. The lowest BCUT2D eigenvalue weighted by Crippen LogP contribution is -2.45. The van der Waals surface area contributed by atoms with Crippen LogP contribution in [0.2, 0.25) is 0 Å². The molecule has 1 rings (SSSR count). The maximum Gasteiger partial charge on any atom is 0.168 e. The van der Waals surface area contributed by atoms with Crippen LogP contribution in [0.15, 0.2) is 0 Å². The van der Waals surface area contributed by atoms with Crippen LogP contribution >= 0.6 is 12.2 Å². The van der Waals surface area contributed by atoms with Gasteiger partial charge in [-0.3, -0.25) is 0 Å². The molecule has 0 unspecified atom stereocenters. The molecule has 1 aliphatic rings. The fourth-order valence-corrected chi connectivity index (χ4v) is 2.37. The Hall–Kier alpha value is -0.310. The van der Waals surface area contributed by atoms with Gasteiger partial charge in [-0.05, 0) is 31.0 Å². The third-order valence-corrected chi connectivity index (χ3v) is 3.24. The van der Waals surface area contributed by atoms with Gasteiger partial charge in [0.25, 0.3) is 0 Å². The van der Waals surface area contributed by atoms with E-state index >= 15 is 0 Å². The fraction of sp³-hybridized carbons (Fsp3) is 0.909. The highest BCUT2D eigenvalue weighted by Gasteiger charge is 2.24. The van der Waals surface area contributed by atoms with E-state index in [1.165, 1.54) is 25.7 Å². The Kier molecular flexibility index (Phi) is 4.66. The molecule has 0 aliphatic heterocycles. The molecule has 1 saturated carbocycles. The van der Waals surface area contributed by atoms with Crippen molar-refractivity contribution in [1.29, 1.82) is 0 Å². The molecule has 1 aliphatic carbocycles. The van der Waals surface area contributed by atoms with Crippen LogP contribution in [-0.4, -0.2) is 29.6 Å². The SMILES string of the molecule is CNC(=S)N(CC(C)C)C1CCCC1. The van der Waals surface area contributed by atoms with E-state index in [0.717, 1.165) is 11.7 Å². The summed E-state index contributed by atoms with van der Waals surface area (Å²) in [6.45, 7) is 5.59. The topological polar surface area (TPSA) is 15.3 Å². The summed E-state index contributed by atoms with van der Waals surface area (Å²) in [7, 11) is 1.92. The molecule has 2 nitrogen and oxygen atoms in total. The lowest BCUT2D eigenvalue weighted by Gasteiger charge is -2.32. The fourth-order valence-electron chi connectivity index (χ4n) is 2.15. The van der Waals surface area contributed by atoms with E-state index in [2.05, 4.69) is 24.1 Å². The third kappa shape index (κ3) is 3.12. The molecule has 82 valence electrons. The predicted octanol–water partition coefficient (Wildman–Crippen LogP) is 2.39. The summed E-state index contributed by atoms with van der Waals surface area (Å²) in [6, 6.07) is 0.692. The minimum absolute atomic E-state index is 0.682. The Labute approximate surface area is 93.1 Å². The van der Waals surface area contributed by atoms with Gasteiger partial charge < -0.3 is 10.2 Å². The molecule has 0 amide bonds. The highest BCUT2D eigenvalue weighted by molar-refractivity contribution is 7.80. The molecule has 3 heteroatoms. The molecule has 0 atom stereocenters. The summed E-state index contributed by atoms with van der Waals surface area (Å²) in [5.41, 5.74) is 0. The normalized spacial score (nSPS) is 17.4. The second-order valence-corrected chi connectivity index (χ2v) is 4.93. The van der Waals surface area contributed by atoms with Crippen LogP contribution < -0.4 is 5.32 Å². The molecule has 0 aromatic carbocycles. The monoisotopic (exact) mass is 214 g/mol. The van der Waals surface area contributed by atoms with Crippen molar-refractivity contribution in [2.24, 2.45) is 5.92 Å². The summed E-state index contributed by atoms with van der Waals surface area (Å²) < 4.78 is 0. The average molecular weight is 214 g/mol. The zero-order chi connectivity index (χ0) is 10.6. The van der Waals surface area contributed by atoms with E-state index in [-0.39, 0.29) is 0 Å². The first-order valence-corrected chi connectivity index (χ1v) is 6.04. The standard InChI is InChI=1S/C11H22N2S/c1-9(2)8-13(11(14)12-3)10-6-4-5-7-10/h9-10H,4-8H2,1-3H3,(H,12,14). The molecule has 0 saturated heterocycles. The van der Waals surface area contributed by atoms with Gasteiger partial charge in [0.05, 0.1) is 0 Å². The van der Waals surface area contributed by atoms with Gasteiger partial charge in [-0.1, -0.05) is 26.7 Å². The van der Waals surface area contributed by atoms with Crippen molar-refractivity contribution in [3.05, 3.63) is 0 Å². The smallest absolute Gasteiger partial charge is 0.168 e. The van der Waals surface area contributed by atoms with Crippen LogP contribution in [0.25, 0.3) is 0 Å². The predicted molar refractivity (Wildman–Crippen MR) is 65.5 cm³/mol. The lowest BCUT2D eigenvalue weighted by atomic mass is 10.1. The zero-order valence-electron chi connectivity index (χ0n) is 9.55. The average Bonchev–Trinajstić information content (AvgIpc) is 2.65. The first-order valence-electron chi connectivity index (χ1n) is 5.63. The minimum atomic E-state index is 0.682. The molecular weight excluding hydrogens is 192 g/mol. The maximum absolute atomic E-state index is 5.35. The Bertz CT molecular complexity index is 186. The summed E-state index contributed by atoms with van der Waals surface area (Å²) in [4.78, 5) is 2.38. The quantitative estimate of drug-likeness (QED) is 0.726. The summed E-state index contributed by atoms with van der Waals surface area (Å²) >= 11 is 5.35. The van der Waals surface area contributed by atoms with Gasteiger partial charge in [-0.15, -0.1) is 0 Å². The Morgan fingerprint density at radius 2 is 2.00 bits per heavy atom. The van der Waals surface area contributed by atoms with Crippen molar-refractivity contribution in [3.63, 3.8) is 0 Å². The van der Waals surface area contributed by atoms with Gasteiger partial charge in [0.15, 0.2) is 5.11 Å². The number of thiocarbonyl (C=S) groups is 1. The Balaban J connectivity index is 2.55. The van der Waals surface area contributed by atoms with Crippen LogP contribution in [-0.2, 0) is 0 Å². The highest BCUT2D eigenvalue weighted by Crippen LogP contribution is 2.24. The van der Waals surface area contributed by atoms with Crippen LogP contribution in [0.5, 0.6) is 0 Å². The van der Waals surface area contributed by atoms with Crippen LogP contribution in [0.1, 0.15) is 39.5 Å². The number of hydrogen-bond donors (Lipinski definition) is 1. The van der Waals surface area contributed by atoms with Crippen LogP contribution in [0, 0.1) is 5.92 Å². The molecule has 0 radical (unpaired) electrons.